The van der Waals surface area contributed by atoms with Crippen LogP contribution in [0.15, 0.2) is 36.5 Å². The van der Waals surface area contributed by atoms with E-state index in [0.717, 1.165) is 0 Å². The first kappa shape index (κ1) is 14.1. The molecule has 0 fully saturated rings. The van der Waals surface area contributed by atoms with E-state index in [-0.39, 0.29) is 5.91 Å². The van der Waals surface area contributed by atoms with Crippen molar-refractivity contribution in [1.29, 1.82) is 0 Å². The molecule has 0 aliphatic rings. The predicted molar refractivity (Wildman–Crippen MR) is 76.7 cm³/mol. The molecule has 0 saturated heterocycles. The van der Waals surface area contributed by atoms with E-state index in [1.807, 2.05) is 0 Å². The second-order valence-corrected chi connectivity index (χ2v) is 4.25. The van der Waals surface area contributed by atoms with Gasteiger partial charge in [-0.25, -0.2) is 4.98 Å². The zero-order chi connectivity index (χ0) is 14.5. The van der Waals surface area contributed by atoms with Crippen molar-refractivity contribution in [3.63, 3.8) is 0 Å². The number of methoxy groups -OCH3 is 2. The molecule has 6 heteroatoms. The van der Waals surface area contributed by atoms with E-state index in [9.17, 15) is 4.79 Å². The number of rotatable bonds is 4. The van der Waals surface area contributed by atoms with Gasteiger partial charge in [-0.15, -0.1) is 0 Å². The number of pyridine rings is 1. The molecular formula is C14H13ClN2O3. The fourth-order valence-electron chi connectivity index (χ4n) is 1.75. The fourth-order valence-corrected chi connectivity index (χ4v) is 1.92. The van der Waals surface area contributed by atoms with Crippen molar-refractivity contribution in [1.82, 2.24) is 4.98 Å². The van der Waals surface area contributed by atoms with Gasteiger partial charge in [-0.3, -0.25) is 4.79 Å². The van der Waals surface area contributed by atoms with Crippen molar-refractivity contribution in [2.24, 2.45) is 0 Å². The third-order valence-corrected chi connectivity index (χ3v) is 2.85. The van der Waals surface area contributed by atoms with Crippen LogP contribution in [-0.2, 0) is 0 Å². The van der Waals surface area contributed by atoms with Crippen molar-refractivity contribution < 1.29 is 14.3 Å². The fraction of sp³-hybridized carbons (Fsp3) is 0.143. The van der Waals surface area contributed by atoms with E-state index in [0.29, 0.717) is 27.9 Å². The second kappa shape index (κ2) is 6.25. The molecular weight excluding hydrogens is 280 g/mol. The lowest BCUT2D eigenvalue weighted by Gasteiger charge is -2.13. The maximum Gasteiger partial charge on any atom is 0.263 e. The van der Waals surface area contributed by atoms with Gasteiger partial charge in [-0.2, -0.15) is 0 Å². The van der Waals surface area contributed by atoms with Gasteiger partial charge in [-0.05, 0) is 24.3 Å². The SMILES string of the molecule is COc1cccc(OC)c1C(=O)Nc1ccnc(Cl)c1. The molecule has 1 heterocycles. The topological polar surface area (TPSA) is 60.5 Å². The predicted octanol–water partition coefficient (Wildman–Crippen LogP) is 3.00. The standard InChI is InChI=1S/C14H13ClN2O3/c1-19-10-4-3-5-11(20-2)13(10)14(18)17-9-6-7-16-12(15)8-9/h3-8H,1-2H3,(H,16,17,18). The molecule has 1 aromatic heterocycles. The van der Waals surface area contributed by atoms with E-state index >= 15 is 0 Å². The van der Waals surface area contributed by atoms with Crippen molar-refractivity contribution >= 4 is 23.2 Å². The van der Waals surface area contributed by atoms with Gasteiger partial charge in [0.25, 0.3) is 5.91 Å². The normalized spacial score (nSPS) is 9.95. The molecule has 1 N–H and O–H groups in total. The first-order valence-corrected chi connectivity index (χ1v) is 6.17. The molecule has 20 heavy (non-hydrogen) atoms. The lowest BCUT2D eigenvalue weighted by Crippen LogP contribution is -2.14. The van der Waals surface area contributed by atoms with Crippen LogP contribution in [0.4, 0.5) is 5.69 Å². The van der Waals surface area contributed by atoms with E-state index in [4.69, 9.17) is 21.1 Å². The Hall–Kier alpha value is -2.27. The zero-order valence-corrected chi connectivity index (χ0v) is 11.8. The number of aromatic nitrogens is 1. The molecule has 2 rings (SSSR count). The highest BCUT2D eigenvalue weighted by Gasteiger charge is 2.18. The van der Waals surface area contributed by atoms with Crippen LogP contribution in [0.2, 0.25) is 5.15 Å². The summed E-state index contributed by atoms with van der Waals surface area (Å²) in [6.07, 6.45) is 1.51. The minimum atomic E-state index is -0.346. The number of benzene rings is 1. The smallest absolute Gasteiger partial charge is 0.263 e. The van der Waals surface area contributed by atoms with Crippen LogP contribution >= 0.6 is 11.6 Å². The van der Waals surface area contributed by atoms with Crippen LogP contribution in [0.5, 0.6) is 11.5 Å². The molecule has 0 unspecified atom stereocenters. The molecule has 0 aliphatic heterocycles. The lowest BCUT2D eigenvalue weighted by atomic mass is 10.1. The summed E-state index contributed by atoms with van der Waals surface area (Å²) >= 11 is 5.78. The third-order valence-electron chi connectivity index (χ3n) is 2.64. The van der Waals surface area contributed by atoms with E-state index < -0.39 is 0 Å². The minimum Gasteiger partial charge on any atom is -0.496 e. The quantitative estimate of drug-likeness (QED) is 0.880. The number of carbonyl (C=O) groups is 1. The molecule has 0 bridgehead atoms. The Balaban J connectivity index is 2.33. The number of nitrogens with zero attached hydrogens (tertiary/aromatic N) is 1. The van der Waals surface area contributed by atoms with Gasteiger partial charge in [0.2, 0.25) is 0 Å². The van der Waals surface area contributed by atoms with E-state index in [2.05, 4.69) is 10.3 Å². The first-order chi connectivity index (χ1) is 9.65. The number of nitrogens with one attached hydrogen (secondary N) is 1. The van der Waals surface area contributed by atoms with Gasteiger partial charge in [-0.1, -0.05) is 17.7 Å². The summed E-state index contributed by atoms with van der Waals surface area (Å²) in [6, 6.07) is 8.33. The highest BCUT2D eigenvalue weighted by molar-refractivity contribution is 6.29. The number of anilines is 1. The summed E-state index contributed by atoms with van der Waals surface area (Å²) in [5.74, 6) is 0.519. The summed E-state index contributed by atoms with van der Waals surface area (Å²) in [7, 11) is 2.99. The van der Waals surface area contributed by atoms with Crippen LogP contribution in [0.25, 0.3) is 0 Å². The summed E-state index contributed by atoms with van der Waals surface area (Å²) in [4.78, 5) is 16.2. The van der Waals surface area contributed by atoms with Crippen molar-refractivity contribution in [3.8, 4) is 11.5 Å². The summed E-state index contributed by atoms with van der Waals surface area (Å²) in [5, 5.41) is 3.03. The second-order valence-electron chi connectivity index (χ2n) is 3.86. The number of hydrogen-bond acceptors (Lipinski definition) is 4. The zero-order valence-electron chi connectivity index (χ0n) is 11.0. The van der Waals surface area contributed by atoms with Crippen LogP contribution in [0, 0.1) is 0 Å². The third kappa shape index (κ3) is 3.00. The number of halogens is 1. The Kier molecular flexibility index (Phi) is 4.42. The molecule has 0 radical (unpaired) electrons. The van der Waals surface area contributed by atoms with E-state index in [1.54, 1.807) is 30.3 Å². The molecule has 0 spiro atoms. The largest absolute Gasteiger partial charge is 0.496 e. The van der Waals surface area contributed by atoms with Crippen LogP contribution in [0.1, 0.15) is 10.4 Å². The monoisotopic (exact) mass is 292 g/mol. The van der Waals surface area contributed by atoms with E-state index in [1.165, 1.54) is 20.4 Å². The lowest BCUT2D eigenvalue weighted by molar-refractivity contribution is 0.102. The maximum atomic E-state index is 12.4. The highest BCUT2D eigenvalue weighted by Crippen LogP contribution is 2.29. The van der Waals surface area contributed by atoms with Gasteiger partial charge in [0.1, 0.15) is 22.2 Å². The van der Waals surface area contributed by atoms with Crippen molar-refractivity contribution in [2.75, 3.05) is 19.5 Å². The average molecular weight is 293 g/mol. The van der Waals surface area contributed by atoms with Gasteiger partial charge in [0.15, 0.2) is 0 Å². The molecule has 0 aliphatic carbocycles. The van der Waals surface area contributed by atoms with Gasteiger partial charge < -0.3 is 14.8 Å². The summed E-state index contributed by atoms with van der Waals surface area (Å²) < 4.78 is 10.4. The summed E-state index contributed by atoms with van der Waals surface area (Å²) in [5.41, 5.74) is 0.869. The Bertz CT molecular complexity index is 609. The Morgan fingerprint density at radius 3 is 2.40 bits per heavy atom. The number of ether oxygens (including phenoxy) is 2. The Morgan fingerprint density at radius 1 is 1.20 bits per heavy atom. The average Bonchev–Trinajstić information content (AvgIpc) is 2.46. The molecule has 0 saturated carbocycles. The first-order valence-electron chi connectivity index (χ1n) is 5.79. The van der Waals surface area contributed by atoms with Crippen molar-refractivity contribution in [3.05, 3.63) is 47.2 Å². The highest BCUT2D eigenvalue weighted by atomic mass is 35.5. The molecule has 5 nitrogen and oxygen atoms in total. The van der Waals surface area contributed by atoms with Gasteiger partial charge in [0, 0.05) is 11.9 Å². The molecule has 1 amide bonds. The summed E-state index contributed by atoms with van der Waals surface area (Å²) in [6.45, 7) is 0. The van der Waals surface area contributed by atoms with Gasteiger partial charge in [0.05, 0.1) is 14.2 Å². The minimum absolute atomic E-state index is 0.301. The van der Waals surface area contributed by atoms with Gasteiger partial charge >= 0.3 is 0 Å². The number of hydrogen-bond donors (Lipinski definition) is 1. The van der Waals surface area contributed by atoms with Crippen LogP contribution in [-0.4, -0.2) is 25.1 Å². The van der Waals surface area contributed by atoms with Crippen molar-refractivity contribution in [2.45, 2.75) is 0 Å². The maximum absolute atomic E-state index is 12.4. The Morgan fingerprint density at radius 2 is 1.85 bits per heavy atom. The Labute approximate surface area is 121 Å². The molecule has 2 aromatic rings. The molecule has 104 valence electrons. The number of amides is 1. The molecule has 0 atom stereocenters. The number of carbonyl (C=O) groups excluding carboxylic acids is 1. The van der Waals surface area contributed by atoms with Crippen LogP contribution < -0.4 is 14.8 Å². The molecule has 1 aromatic carbocycles. The van der Waals surface area contributed by atoms with Crippen LogP contribution in [0.3, 0.4) is 0 Å².